The van der Waals surface area contributed by atoms with E-state index >= 15 is 8.78 Å². The molecule has 0 fully saturated rings. The zero-order valence-corrected chi connectivity index (χ0v) is 28.1. The minimum atomic E-state index is -1.54. The number of esters is 1. The SMILES string of the molecule is C=C(CO)C(=O)OCCCCCOc1ccc(-c2ccc(-c3ccc(-c4ccc([Si](C)(C)CCCC)cc4)c(F)c3F)cc2)cc1. The Morgan fingerprint density at radius 2 is 1.22 bits per heavy atom. The van der Waals surface area contributed by atoms with Crippen molar-refractivity contribution in [2.75, 3.05) is 19.8 Å². The topological polar surface area (TPSA) is 55.8 Å². The van der Waals surface area contributed by atoms with Gasteiger partial charge in [0.05, 0.1) is 33.5 Å². The van der Waals surface area contributed by atoms with Crippen LogP contribution in [-0.4, -0.2) is 39.0 Å². The maximum Gasteiger partial charge on any atom is 0.335 e. The van der Waals surface area contributed by atoms with Crippen molar-refractivity contribution in [2.45, 2.75) is 58.2 Å². The van der Waals surface area contributed by atoms with Crippen LogP contribution in [0.15, 0.2) is 97.1 Å². The largest absolute Gasteiger partial charge is 0.494 e. The first-order chi connectivity index (χ1) is 22.1. The molecule has 0 aliphatic rings. The van der Waals surface area contributed by atoms with E-state index in [1.54, 1.807) is 12.1 Å². The molecule has 1 N–H and O–H groups in total. The van der Waals surface area contributed by atoms with E-state index in [0.717, 1.165) is 29.7 Å². The van der Waals surface area contributed by atoms with E-state index in [1.807, 2.05) is 60.7 Å². The Hall–Kier alpha value is -4.07. The second kappa shape index (κ2) is 16.5. The Labute approximate surface area is 272 Å². The highest BCUT2D eigenvalue weighted by Crippen LogP contribution is 2.33. The normalized spacial score (nSPS) is 11.3. The van der Waals surface area contributed by atoms with Crippen LogP contribution in [0, 0.1) is 11.6 Å². The highest BCUT2D eigenvalue weighted by atomic mass is 28.3. The van der Waals surface area contributed by atoms with Gasteiger partial charge in [0.2, 0.25) is 0 Å². The number of unbranched alkanes of at least 4 members (excludes halogenated alkanes) is 3. The summed E-state index contributed by atoms with van der Waals surface area (Å²) >= 11 is 0. The molecule has 0 aromatic heterocycles. The molecular weight excluding hydrogens is 599 g/mol. The summed E-state index contributed by atoms with van der Waals surface area (Å²) in [5.41, 5.74) is 3.78. The molecule has 0 aliphatic carbocycles. The van der Waals surface area contributed by atoms with E-state index < -0.39 is 32.3 Å². The summed E-state index contributed by atoms with van der Waals surface area (Å²) in [6, 6.07) is 27.7. The third-order valence-electron chi connectivity index (χ3n) is 8.37. The maximum atomic E-state index is 15.4. The van der Waals surface area contributed by atoms with Crippen LogP contribution < -0.4 is 9.92 Å². The average Bonchev–Trinajstić information content (AvgIpc) is 3.08. The number of carbonyl (C=O) groups excluding carboxylic acids is 1. The highest BCUT2D eigenvalue weighted by Gasteiger charge is 2.23. The van der Waals surface area contributed by atoms with Crippen molar-refractivity contribution in [1.82, 2.24) is 0 Å². The summed E-state index contributed by atoms with van der Waals surface area (Å²) in [6.45, 7) is 10.8. The van der Waals surface area contributed by atoms with Gasteiger partial charge in [-0.2, -0.15) is 0 Å². The molecule has 4 aromatic rings. The van der Waals surface area contributed by atoms with Crippen molar-refractivity contribution < 1.29 is 28.2 Å². The molecule has 0 atom stereocenters. The fourth-order valence-electron chi connectivity index (χ4n) is 5.35. The Bertz CT molecular complexity index is 1600. The molecule has 4 rings (SSSR count). The predicted octanol–water partition coefficient (Wildman–Crippen LogP) is 9.32. The van der Waals surface area contributed by atoms with Gasteiger partial charge < -0.3 is 14.6 Å². The van der Waals surface area contributed by atoms with Crippen LogP contribution in [0.2, 0.25) is 19.1 Å². The van der Waals surface area contributed by atoms with Crippen molar-refractivity contribution in [3.63, 3.8) is 0 Å². The van der Waals surface area contributed by atoms with Gasteiger partial charge in [0.15, 0.2) is 11.6 Å². The van der Waals surface area contributed by atoms with Gasteiger partial charge >= 0.3 is 5.97 Å². The van der Waals surface area contributed by atoms with Crippen LogP contribution in [0.25, 0.3) is 33.4 Å². The van der Waals surface area contributed by atoms with E-state index in [1.165, 1.54) is 24.1 Å². The summed E-state index contributed by atoms with van der Waals surface area (Å²) < 4.78 is 41.6. The Kier molecular flexibility index (Phi) is 12.5. The number of halogens is 2. The first kappa shape index (κ1) is 34.8. The molecule has 0 amide bonds. The minimum absolute atomic E-state index is 0.0530. The maximum absolute atomic E-state index is 15.4. The second-order valence-corrected chi connectivity index (χ2v) is 17.1. The monoisotopic (exact) mass is 642 g/mol. The first-order valence-corrected chi connectivity index (χ1v) is 19.2. The fraction of sp³-hybridized carbons (Fsp3) is 0.308. The molecule has 242 valence electrons. The molecule has 0 radical (unpaired) electrons. The van der Waals surface area contributed by atoms with Gasteiger partial charge in [-0.1, -0.05) is 123 Å². The second-order valence-electron chi connectivity index (χ2n) is 12.3. The van der Waals surface area contributed by atoms with E-state index in [9.17, 15) is 4.79 Å². The molecule has 4 aromatic carbocycles. The molecule has 46 heavy (non-hydrogen) atoms. The van der Waals surface area contributed by atoms with Crippen LogP contribution in [0.3, 0.4) is 0 Å². The number of rotatable bonds is 16. The van der Waals surface area contributed by atoms with Crippen LogP contribution in [0.5, 0.6) is 5.75 Å². The van der Waals surface area contributed by atoms with E-state index in [4.69, 9.17) is 14.6 Å². The summed E-state index contributed by atoms with van der Waals surface area (Å²) in [6.07, 6.45) is 4.74. The fourth-order valence-corrected chi connectivity index (χ4v) is 7.94. The third kappa shape index (κ3) is 9.01. The van der Waals surface area contributed by atoms with E-state index in [-0.39, 0.29) is 23.3 Å². The lowest BCUT2D eigenvalue weighted by molar-refractivity contribution is -0.139. The number of carbonyl (C=O) groups is 1. The van der Waals surface area contributed by atoms with Gasteiger partial charge in [0.25, 0.3) is 0 Å². The zero-order valence-electron chi connectivity index (χ0n) is 27.1. The average molecular weight is 643 g/mol. The molecule has 4 nitrogen and oxygen atoms in total. The van der Waals surface area contributed by atoms with Gasteiger partial charge in [0, 0.05) is 11.1 Å². The smallest absolute Gasteiger partial charge is 0.335 e. The van der Waals surface area contributed by atoms with Crippen LogP contribution >= 0.6 is 0 Å². The number of ether oxygens (including phenoxy) is 2. The van der Waals surface area contributed by atoms with Crippen molar-refractivity contribution >= 4 is 19.2 Å². The Morgan fingerprint density at radius 1 is 0.717 bits per heavy atom. The molecule has 0 saturated carbocycles. The lowest BCUT2D eigenvalue weighted by atomic mass is 9.97. The van der Waals surface area contributed by atoms with Crippen LogP contribution in [-0.2, 0) is 9.53 Å². The van der Waals surface area contributed by atoms with E-state index in [0.29, 0.717) is 24.2 Å². The number of hydrogen-bond acceptors (Lipinski definition) is 4. The summed E-state index contributed by atoms with van der Waals surface area (Å²) in [5, 5.41) is 10.2. The third-order valence-corrected chi connectivity index (χ3v) is 11.9. The van der Waals surface area contributed by atoms with Gasteiger partial charge in [-0.05, 0) is 53.6 Å². The summed E-state index contributed by atoms with van der Waals surface area (Å²) in [5.74, 6) is -1.49. The highest BCUT2D eigenvalue weighted by molar-refractivity contribution is 6.89. The number of benzene rings is 4. The quantitative estimate of drug-likeness (QED) is 0.0573. The lowest BCUT2D eigenvalue weighted by Crippen LogP contribution is -2.40. The zero-order chi connectivity index (χ0) is 33.1. The Morgan fingerprint density at radius 3 is 1.76 bits per heavy atom. The summed E-state index contributed by atoms with van der Waals surface area (Å²) in [4.78, 5) is 11.5. The van der Waals surface area contributed by atoms with E-state index in [2.05, 4.69) is 38.7 Å². The molecule has 0 saturated heterocycles. The number of hydrogen-bond donors (Lipinski definition) is 1. The van der Waals surface area contributed by atoms with Crippen molar-refractivity contribution in [1.29, 1.82) is 0 Å². The number of aliphatic hydroxyl groups is 1. The minimum Gasteiger partial charge on any atom is -0.494 e. The van der Waals surface area contributed by atoms with Gasteiger partial charge in [-0.15, -0.1) is 0 Å². The van der Waals surface area contributed by atoms with Crippen molar-refractivity contribution in [3.05, 3.63) is 109 Å². The molecule has 0 heterocycles. The first-order valence-electron chi connectivity index (χ1n) is 16.0. The van der Waals surface area contributed by atoms with Gasteiger partial charge in [0.1, 0.15) is 5.75 Å². The summed E-state index contributed by atoms with van der Waals surface area (Å²) in [7, 11) is -1.54. The lowest BCUT2D eigenvalue weighted by Gasteiger charge is -2.23. The van der Waals surface area contributed by atoms with Gasteiger partial charge in [-0.25, -0.2) is 13.6 Å². The predicted molar refractivity (Wildman–Crippen MR) is 186 cm³/mol. The van der Waals surface area contributed by atoms with Gasteiger partial charge in [-0.3, -0.25) is 0 Å². The van der Waals surface area contributed by atoms with Crippen LogP contribution in [0.4, 0.5) is 8.78 Å². The van der Waals surface area contributed by atoms with Crippen molar-refractivity contribution in [3.8, 4) is 39.1 Å². The molecule has 7 heteroatoms. The molecule has 0 spiro atoms. The molecular formula is C39H44F2O4Si. The Balaban J connectivity index is 1.32. The molecule has 0 bridgehead atoms. The van der Waals surface area contributed by atoms with Crippen molar-refractivity contribution in [2.24, 2.45) is 0 Å². The number of aliphatic hydroxyl groups excluding tert-OH is 1. The van der Waals surface area contributed by atoms with Crippen LogP contribution in [0.1, 0.15) is 39.0 Å². The standard InChI is InChI=1S/C39H44F2O4Si/c1-5-6-26-46(3,4)34-20-16-32(17-21-34)36-23-22-35(37(40)38(36)41)31-12-10-29(11-13-31)30-14-18-33(19-15-30)44-24-8-7-9-25-45-39(43)28(2)27-42/h10-23,42H,2,5-9,24-27H2,1,3-4H3. The molecule has 0 aliphatic heterocycles. The molecule has 0 unspecified atom stereocenters.